The summed E-state index contributed by atoms with van der Waals surface area (Å²) in [6, 6.07) is 12.4. The lowest BCUT2D eigenvalue weighted by molar-refractivity contribution is -0.126. The Morgan fingerprint density at radius 1 is 1.23 bits per heavy atom. The van der Waals surface area contributed by atoms with Crippen LogP contribution in [0.3, 0.4) is 0 Å². The second-order valence-electron chi connectivity index (χ2n) is 8.44. The van der Waals surface area contributed by atoms with Crippen LogP contribution in [0.15, 0.2) is 54.9 Å². The van der Waals surface area contributed by atoms with Gasteiger partial charge in [0.1, 0.15) is 11.5 Å². The van der Waals surface area contributed by atoms with Gasteiger partial charge in [-0.25, -0.2) is 4.79 Å². The first-order chi connectivity index (χ1) is 16.9. The molecule has 1 aromatic heterocycles. The molecule has 1 aliphatic rings. The van der Waals surface area contributed by atoms with Crippen LogP contribution in [0.2, 0.25) is 0 Å². The van der Waals surface area contributed by atoms with Gasteiger partial charge in [-0.2, -0.15) is 5.10 Å². The largest absolute Gasteiger partial charge is 0.497 e. The molecule has 5 N–H and O–H groups in total. The van der Waals surface area contributed by atoms with Crippen molar-refractivity contribution in [2.75, 3.05) is 25.6 Å². The Hall–Kier alpha value is -4.05. The molecular formula is C25H29N5O5. The lowest BCUT2D eigenvalue weighted by Gasteiger charge is -2.25. The maximum Gasteiger partial charge on any atom is 0.322 e. The number of ether oxygens (including phenoxy) is 2. The number of nitrogens with one attached hydrogen (secondary N) is 2. The highest BCUT2D eigenvalue weighted by Crippen LogP contribution is 2.43. The maximum atomic E-state index is 13.3. The van der Waals surface area contributed by atoms with Crippen molar-refractivity contribution in [3.63, 3.8) is 0 Å². The van der Waals surface area contributed by atoms with E-state index in [4.69, 9.17) is 15.2 Å². The number of rotatable bonds is 11. The second-order valence-corrected chi connectivity index (χ2v) is 8.44. The Kier molecular flexibility index (Phi) is 7.21. The molecule has 10 heteroatoms. The molecule has 1 heterocycles. The number of carbonyl (C=O) groups excluding carboxylic acids is 2. The minimum absolute atomic E-state index is 0.0449. The molecule has 0 atom stereocenters. The van der Waals surface area contributed by atoms with Crippen LogP contribution in [0.25, 0.3) is 11.1 Å². The molecule has 35 heavy (non-hydrogen) atoms. The van der Waals surface area contributed by atoms with Crippen LogP contribution in [0.4, 0.5) is 10.5 Å². The van der Waals surface area contributed by atoms with Gasteiger partial charge in [-0.15, -0.1) is 0 Å². The van der Waals surface area contributed by atoms with Gasteiger partial charge in [0.05, 0.1) is 19.0 Å². The highest BCUT2D eigenvalue weighted by Gasteiger charge is 2.52. The number of aromatic nitrogens is 2. The Bertz CT molecular complexity index is 1180. The molecular weight excluding hydrogens is 450 g/mol. The van der Waals surface area contributed by atoms with Gasteiger partial charge in [0.15, 0.2) is 5.60 Å². The van der Waals surface area contributed by atoms with Crippen molar-refractivity contribution in [3.05, 3.63) is 60.4 Å². The van der Waals surface area contributed by atoms with Gasteiger partial charge in [0.2, 0.25) is 0 Å². The summed E-state index contributed by atoms with van der Waals surface area (Å²) in [4.78, 5) is 26.9. The number of methoxy groups -OCH3 is 1. The van der Waals surface area contributed by atoms with Crippen molar-refractivity contribution in [2.24, 2.45) is 5.73 Å². The van der Waals surface area contributed by atoms with E-state index in [9.17, 15) is 14.7 Å². The SMILES string of the molecule is COc1cccc(CN(CCCO)C(=O)Nc2ccc(-c3cn[nH]c3)cc2OC2(C(N)=O)CC2)c1. The number of nitrogens with two attached hydrogens (primary N) is 1. The van der Waals surface area contributed by atoms with E-state index < -0.39 is 11.5 Å². The van der Waals surface area contributed by atoms with E-state index in [0.29, 0.717) is 49.5 Å². The van der Waals surface area contributed by atoms with Crippen molar-refractivity contribution >= 4 is 17.6 Å². The molecule has 0 spiro atoms. The summed E-state index contributed by atoms with van der Waals surface area (Å²) in [5.41, 5.74) is 7.44. The van der Waals surface area contributed by atoms with Crippen LogP contribution in [-0.2, 0) is 11.3 Å². The van der Waals surface area contributed by atoms with Crippen LogP contribution in [0, 0.1) is 0 Å². The summed E-state index contributed by atoms with van der Waals surface area (Å²) in [5.74, 6) is 0.500. The Balaban J connectivity index is 1.59. The fourth-order valence-electron chi connectivity index (χ4n) is 3.72. The third-order valence-electron chi connectivity index (χ3n) is 5.89. The topological polar surface area (TPSA) is 143 Å². The first kappa shape index (κ1) is 24.1. The number of urea groups is 1. The first-order valence-corrected chi connectivity index (χ1v) is 11.4. The number of amides is 3. The highest BCUT2D eigenvalue weighted by atomic mass is 16.5. The molecule has 0 aliphatic heterocycles. The first-order valence-electron chi connectivity index (χ1n) is 11.4. The van der Waals surface area contributed by atoms with Gasteiger partial charge in [0.25, 0.3) is 5.91 Å². The van der Waals surface area contributed by atoms with Crippen LogP contribution in [0.1, 0.15) is 24.8 Å². The number of aliphatic hydroxyl groups is 1. The van der Waals surface area contributed by atoms with Gasteiger partial charge >= 0.3 is 6.03 Å². The van der Waals surface area contributed by atoms with Gasteiger partial charge in [-0.1, -0.05) is 18.2 Å². The molecule has 0 bridgehead atoms. The number of aliphatic hydroxyl groups excluding tert-OH is 1. The molecule has 0 radical (unpaired) electrons. The molecule has 10 nitrogen and oxygen atoms in total. The summed E-state index contributed by atoms with van der Waals surface area (Å²) in [6.07, 6.45) is 4.87. The average molecular weight is 480 g/mol. The molecule has 0 saturated heterocycles. The number of carbonyl (C=O) groups is 2. The summed E-state index contributed by atoms with van der Waals surface area (Å²) in [6.45, 7) is 0.613. The number of hydrogen-bond donors (Lipinski definition) is 4. The van der Waals surface area contributed by atoms with Crippen molar-refractivity contribution in [3.8, 4) is 22.6 Å². The molecule has 2 aromatic carbocycles. The average Bonchev–Trinajstić information content (AvgIpc) is 3.44. The van der Waals surface area contributed by atoms with Crippen LogP contribution >= 0.6 is 0 Å². The van der Waals surface area contributed by atoms with E-state index in [1.54, 1.807) is 36.5 Å². The van der Waals surface area contributed by atoms with Crippen LogP contribution in [0.5, 0.6) is 11.5 Å². The highest BCUT2D eigenvalue weighted by molar-refractivity contribution is 5.92. The molecule has 3 aromatic rings. The van der Waals surface area contributed by atoms with Gasteiger partial charge in [-0.3, -0.25) is 9.89 Å². The molecule has 1 saturated carbocycles. The van der Waals surface area contributed by atoms with E-state index in [1.807, 2.05) is 30.3 Å². The lowest BCUT2D eigenvalue weighted by Crippen LogP contribution is -2.37. The van der Waals surface area contributed by atoms with E-state index in [0.717, 1.165) is 16.7 Å². The van der Waals surface area contributed by atoms with E-state index in [2.05, 4.69) is 15.5 Å². The second kappa shape index (κ2) is 10.5. The third kappa shape index (κ3) is 5.72. The number of hydrogen-bond acceptors (Lipinski definition) is 6. The number of anilines is 1. The lowest BCUT2D eigenvalue weighted by atomic mass is 10.1. The molecule has 1 aliphatic carbocycles. The minimum Gasteiger partial charge on any atom is -0.497 e. The molecule has 0 unspecified atom stereocenters. The molecule has 4 rings (SSSR count). The zero-order valence-corrected chi connectivity index (χ0v) is 19.5. The van der Waals surface area contributed by atoms with Crippen LogP contribution < -0.4 is 20.5 Å². The quantitative estimate of drug-likeness (QED) is 0.333. The standard InChI is InChI=1S/C25H29N5O5/c1-34-20-5-2-4-17(12-20)16-30(10-3-11-31)24(33)29-21-7-6-18(19-14-27-28-15-19)13-22(21)35-25(8-9-25)23(26)32/h2,4-7,12-15,31H,3,8-11,16H2,1H3,(H2,26,32)(H,27,28)(H,29,33). The monoisotopic (exact) mass is 479 g/mol. The summed E-state index contributed by atoms with van der Waals surface area (Å²) in [5, 5.41) is 19.0. The van der Waals surface area contributed by atoms with E-state index >= 15 is 0 Å². The Morgan fingerprint density at radius 3 is 2.71 bits per heavy atom. The van der Waals surface area contributed by atoms with Crippen molar-refractivity contribution < 1.29 is 24.2 Å². The zero-order valence-electron chi connectivity index (χ0n) is 19.5. The number of primary amides is 1. The molecule has 1 fully saturated rings. The number of H-pyrrole nitrogens is 1. The third-order valence-corrected chi connectivity index (χ3v) is 5.89. The van der Waals surface area contributed by atoms with Gasteiger partial charge < -0.3 is 30.5 Å². The van der Waals surface area contributed by atoms with Gasteiger partial charge in [0, 0.05) is 44.3 Å². The van der Waals surface area contributed by atoms with E-state index in [1.165, 1.54) is 0 Å². The maximum absolute atomic E-state index is 13.3. The smallest absolute Gasteiger partial charge is 0.322 e. The predicted octanol–water partition coefficient (Wildman–Crippen LogP) is 2.90. The van der Waals surface area contributed by atoms with Crippen molar-refractivity contribution in [1.29, 1.82) is 0 Å². The summed E-state index contributed by atoms with van der Waals surface area (Å²) in [7, 11) is 1.59. The van der Waals surface area contributed by atoms with E-state index in [-0.39, 0.29) is 12.6 Å². The number of benzene rings is 2. The Labute approximate surface area is 203 Å². The normalized spacial score (nSPS) is 13.7. The fraction of sp³-hybridized carbons (Fsp3) is 0.320. The number of aromatic amines is 1. The minimum atomic E-state index is -1.06. The predicted molar refractivity (Wildman–Crippen MR) is 130 cm³/mol. The molecule has 3 amide bonds. The van der Waals surface area contributed by atoms with Crippen molar-refractivity contribution in [1.82, 2.24) is 15.1 Å². The molecule has 184 valence electrons. The van der Waals surface area contributed by atoms with Gasteiger partial charge in [-0.05, 0) is 41.8 Å². The van der Waals surface area contributed by atoms with Crippen LogP contribution in [-0.4, -0.2) is 58.0 Å². The fourth-order valence-corrected chi connectivity index (χ4v) is 3.72. The summed E-state index contributed by atoms with van der Waals surface area (Å²) < 4.78 is 11.3. The number of nitrogens with zero attached hydrogens (tertiary/aromatic N) is 2. The summed E-state index contributed by atoms with van der Waals surface area (Å²) >= 11 is 0. The van der Waals surface area contributed by atoms with Crippen molar-refractivity contribution in [2.45, 2.75) is 31.4 Å². The Morgan fingerprint density at radius 2 is 2.06 bits per heavy atom. The zero-order chi connectivity index (χ0) is 24.8.